The van der Waals surface area contributed by atoms with E-state index < -0.39 is 0 Å². The van der Waals surface area contributed by atoms with Gasteiger partial charge in [0, 0.05) is 37.1 Å². The van der Waals surface area contributed by atoms with Gasteiger partial charge in [0.25, 0.3) is 5.91 Å². The first-order chi connectivity index (χ1) is 12.9. The summed E-state index contributed by atoms with van der Waals surface area (Å²) in [6.45, 7) is 3.79. The number of carbonyl (C=O) groups excluding carboxylic acids is 1. The Morgan fingerprint density at radius 3 is 2.26 bits per heavy atom. The molecule has 6 heteroatoms. The van der Waals surface area contributed by atoms with Crippen molar-refractivity contribution in [2.45, 2.75) is 13.8 Å². The van der Waals surface area contributed by atoms with E-state index in [2.05, 4.69) is 20.6 Å². The summed E-state index contributed by atoms with van der Waals surface area (Å²) in [5, 5.41) is 6.20. The Kier molecular flexibility index (Phi) is 5.35. The predicted molar refractivity (Wildman–Crippen MR) is 110 cm³/mol. The zero-order valence-electron chi connectivity index (χ0n) is 15.9. The van der Waals surface area contributed by atoms with Gasteiger partial charge in [-0.05, 0) is 49.7 Å². The van der Waals surface area contributed by atoms with E-state index in [4.69, 9.17) is 0 Å². The van der Waals surface area contributed by atoms with Gasteiger partial charge in [0.2, 0.25) is 0 Å². The molecule has 1 heterocycles. The van der Waals surface area contributed by atoms with E-state index in [0.717, 1.165) is 28.6 Å². The smallest absolute Gasteiger partial charge is 0.255 e. The molecule has 0 aliphatic rings. The lowest BCUT2D eigenvalue weighted by Gasteiger charge is -2.14. The van der Waals surface area contributed by atoms with Crippen molar-refractivity contribution in [1.82, 2.24) is 9.97 Å². The SMILES string of the molecule is Cc1nc(Nc2ccc(NC(=O)c3ccccc3C)cc2)cc(N(C)C)n1. The quantitative estimate of drug-likeness (QED) is 0.714. The maximum absolute atomic E-state index is 12.4. The van der Waals surface area contributed by atoms with Crippen molar-refractivity contribution >= 4 is 28.9 Å². The van der Waals surface area contributed by atoms with Crippen LogP contribution >= 0.6 is 0 Å². The lowest BCUT2D eigenvalue weighted by atomic mass is 10.1. The van der Waals surface area contributed by atoms with Gasteiger partial charge in [0.15, 0.2) is 0 Å². The van der Waals surface area contributed by atoms with Gasteiger partial charge in [0.1, 0.15) is 17.5 Å². The maximum Gasteiger partial charge on any atom is 0.255 e. The Morgan fingerprint density at radius 2 is 1.59 bits per heavy atom. The lowest BCUT2D eigenvalue weighted by Crippen LogP contribution is -2.13. The summed E-state index contributed by atoms with van der Waals surface area (Å²) in [5.41, 5.74) is 3.24. The molecule has 0 saturated carbocycles. The molecule has 0 aliphatic carbocycles. The van der Waals surface area contributed by atoms with Gasteiger partial charge in [-0.1, -0.05) is 18.2 Å². The second-order valence-electron chi connectivity index (χ2n) is 6.52. The van der Waals surface area contributed by atoms with Crippen LogP contribution in [-0.2, 0) is 0 Å². The zero-order chi connectivity index (χ0) is 19.4. The lowest BCUT2D eigenvalue weighted by molar-refractivity contribution is 0.102. The Bertz CT molecular complexity index is 951. The van der Waals surface area contributed by atoms with Gasteiger partial charge in [0.05, 0.1) is 0 Å². The molecular weight excluding hydrogens is 338 g/mol. The number of benzene rings is 2. The van der Waals surface area contributed by atoms with Crippen LogP contribution in [0.25, 0.3) is 0 Å². The third-order valence-electron chi connectivity index (χ3n) is 4.09. The first-order valence-electron chi connectivity index (χ1n) is 8.69. The summed E-state index contributed by atoms with van der Waals surface area (Å²) in [4.78, 5) is 23.1. The second-order valence-corrected chi connectivity index (χ2v) is 6.52. The predicted octanol–water partition coefficient (Wildman–Crippen LogP) is 4.16. The van der Waals surface area contributed by atoms with Gasteiger partial charge >= 0.3 is 0 Å². The van der Waals surface area contributed by atoms with Crippen LogP contribution < -0.4 is 15.5 Å². The van der Waals surface area contributed by atoms with Crippen molar-refractivity contribution in [1.29, 1.82) is 0 Å². The van der Waals surface area contributed by atoms with Crippen molar-refractivity contribution in [3.8, 4) is 0 Å². The molecular formula is C21H23N5O. The number of nitrogens with zero attached hydrogens (tertiary/aromatic N) is 3. The minimum Gasteiger partial charge on any atom is -0.363 e. The molecule has 0 atom stereocenters. The molecule has 0 unspecified atom stereocenters. The molecule has 3 rings (SSSR count). The van der Waals surface area contributed by atoms with Crippen LogP contribution in [0.15, 0.2) is 54.6 Å². The number of carbonyl (C=O) groups is 1. The summed E-state index contributed by atoms with van der Waals surface area (Å²) in [6.07, 6.45) is 0. The molecule has 0 radical (unpaired) electrons. The zero-order valence-corrected chi connectivity index (χ0v) is 15.9. The number of hydrogen-bond donors (Lipinski definition) is 2. The van der Waals surface area contributed by atoms with Crippen LogP contribution in [0.4, 0.5) is 23.0 Å². The van der Waals surface area contributed by atoms with Crippen LogP contribution in [0.5, 0.6) is 0 Å². The number of nitrogens with one attached hydrogen (secondary N) is 2. The average Bonchev–Trinajstić information content (AvgIpc) is 2.63. The number of aromatic nitrogens is 2. The molecule has 0 fully saturated rings. The maximum atomic E-state index is 12.4. The number of hydrogen-bond acceptors (Lipinski definition) is 5. The normalized spacial score (nSPS) is 10.4. The molecule has 0 bridgehead atoms. The molecule has 2 N–H and O–H groups in total. The Labute approximate surface area is 159 Å². The van der Waals surface area contributed by atoms with E-state index in [1.807, 2.05) is 87.4 Å². The van der Waals surface area contributed by atoms with E-state index >= 15 is 0 Å². The van der Waals surface area contributed by atoms with Crippen LogP contribution in [0.1, 0.15) is 21.7 Å². The van der Waals surface area contributed by atoms with Crippen LogP contribution in [0.2, 0.25) is 0 Å². The van der Waals surface area contributed by atoms with Gasteiger partial charge in [-0.25, -0.2) is 9.97 Å². The van der Waals surface area contributed by atoms with Gasteiger partial charge in [-0.15, -0.1) is 0 Å². The molecule has 138 valence electrons. The first kappa shape index (κ1) is 18.4. The van der Waals surface area contributed by atoms with Crippen molar-refractivity contribution in [2.24, 2.45) is 0 Å². The molecule has 6 nitrogen and oxygen atoms in total. The summed E-state index contributed by atoms with van der Waals surface area (Å²) in [5.74, 6) is 2.15. The molecule has 1 amide bonds. The fourth-order valence-electron chi connectivity index (χ4n) is 2.66. The highest BCUT2D eigenvalue weighted by atomic mass is 16.1. The highest BCUT2D eigenvalue weighted by Gasteiger charge is 2.09. The van der Waals surface area contributed by atoms with E-state index in [0.29, 0.717) is 11.4 Å². The standard InChI is InChI=1S/C21H23N5O/c1-14-7-5-6-8-18(14)21(27)25-17-11-9-16(10-12-17)24-19-13-20(26(3)4)23-15(2)22-19/h5-13H,1-4H3,(H,25,27)(H,22,23,24). The van der Waals surface area contributed by atoms with Crippen molar-refractivity contribution < 1.29 is 4.79 Å². The van der Waals surface area contributed by atoms with Crippen molar-refractivity contribution in [3.63, 3.8) is 0 Å². The summed E-state index contributed by atoms with van der Waals surface area (Å²) < 4.78 is 0. The molecule has 0 spiro atoms. The summed E-state index contributed by atoms with van der Waals surface area (Å²) in [7, 11) is 3.88. The summed E-state index contributed by atoms with van der Waals surface area (Å²) in [6, 6.07) is 16.9. The third-order valence-corrected chi connectivity index (χ3v) is 4.09. The van der Waals surface area contributed by atoms with Gasteiger partial charge < -0.3 is 15.5 Å². The van der Waals surface area contributed by atoms with Crippen molar-refractivity contribution in [3.05, 3.63) is 71.5 Å². The van der Waals surface area contributed by atoms with Crippen LogP contribution in [0, 0.1) is 13.8 Å². The van der Waals surface area contributed by atoms with Gasteiger partial charge in [-0.3, -0.25) is 4.79 Å². The minimum atomic E-state index is -0.115. The van der Waals surface area contributed by atoms with Crippen molar-refractivity contribution in [2.75, 3.05) is 29.6 Å². The minimum absolute atomic E-state index is 0.115. The monoisotopic (exact) mass is 361 g/mol. The van der Waals surface area contributed by atoms with E-state index in [1.54, 1.807) is 0 Å². The molecule has 2 aromatic carbocycles. The topological polar surface area (TPSA) is 70.2 Å². The molecule has 3 aromatic rings. The fraction of sp³-hybridized carbons (Fsp3) is 0.190. The molecule has 0 aliphatic heterocycles. The largest absolute Gasteiger partial charge is 0.363 e. The number of anilines is 4. The van der Waals surface area contributed by atoms with Crippen LogP contribution in [0.3, 0.4) is 0 Å². The molecule has 1 aromatic heterocycles. The highest BCUT2D eigenvalue weighted by molar-refractivity contribution is 6.05. The van der Waals surface area contributed by atoms with Crippen LogP contribution in [-0.4, -0.2) is 30.0 Å². The number of rotatable bonds is 5. The van der Waals surface area contributed by atoms with E-state index in [9.17, 15) is 4.79 Å². The highest BCUT2D eigenvalue weighted by Crippen LogP contribution is 2.21. The Hall–Kier alpha value is -3.41. The van der Waals surface area contributed by atoms with E-state index in [1.165, 1.54) is 0 Å². The Morgan fingerprint density at radius 1 is 0.926 bits per heavy atom. The summed E-state index contributed by atoms with van der Waals surface area (Å²) >= 11 is 0. The average molecular weight is 361 g/mol. The molecule has 0 saturated heterocycles. The van der Waals surface area contributed by atoms with E-state index in [-0.39, 0.29) is 5.91 Å². The number of aryl methyl sites for hydroxylation is 2. The molecule has 27 heavy (non-hydrogen) atoms. The first-order valence-corrected chi connectivity index (χ1v) is 8.69. The number of amides is 1. The van der Waals surface area contributed by atoms with Gasteiger partial charge in [-0.2, -0.15) is 0 Å². The third kappa shape index (κ3) is 4.61. The Balaban J connectivity index is 1.71. The second kappa shape index (κ2) is 7.86. The fourth-order valence-corrected chi connectivity index (χ4v) is 2.66.